The van der Waals surface area contributed by atoms with Crippen molar-refractivity contribution in [1.29, 1.82) is 0 Å². The summed E-state index contributed by atoms with van der Waals surface area (Å²) < 4.78 is 0. The van der Waals surface area contributed by atoms with E-state index in [2.05, 4.69) is 6.42 Å². The number of rotatable bonds is 0. The van der Waals surface area contributed by atoms with Gasteiger partial charge < -0.3 is 5.02 Å². The Kier molecular flexibility index (Phi) is 2.32. The summed E-state index contributed by atoms with van der Waals surface area (Å²) in [5.41, 5.74) is 0. The molecule has 0 aromatic carbocycles. The highest BCUT2D eigenvalue weighted by Gasteiger charge is 1.54. The van der Waals surface area contributed by atoms with Gasteiger partial charge in [0.05, 0.1) is 0 Å². The standard InChI is InChI=1S/C2H3BO/c1-2-3-4/h1,3-4H. The average Bonchev–Trinajstić information content (AvgIpc) is 1.37. The molecule has 1 N–H and O–H groups in total. The summed E-state index contributed by atoms with van der Waals surface area (Å²) in [6.45, 7) is 0. The van der Waals surface area contributed by atoms with E-state index in [9.17, 15) is 0 Å². The van der Waals surface area contributed by atoms with Gasteiger partial charge in [-0.15, -0.1) is 12.2 Å². The molecule has 0 aliphatic rings. The highest BCUT2D eigenvalue weighted by Crippen LogP contribution is 1.27. The summed E-state index contributed by atoms with van der Waals surface area (Å²) in [5.74, 6) is 1.99. The number of hydrogen-bond donors (Lipinski definition) is 1. The lowest BCUT2D eigenvalue weighted by Gasteiger charge is -1.49. The minimum Gasteiger partial charge on any atom is -0.443 e. The van der Waals surface area contributed by atoms with Crippen LogP contribution in [0, 0.1) is 12.2 Å². The smallest absolute Gasteiger partial charge is 0.358 e. The molecule has 0 atom stereocenters. The third kappa shape index (κ3) is 1.58. The molecular formula is C2H3BO. The third-order valence-corrected chi connectivity index (χ3v) is 0.0913. The van der Waals surface area contributed by atoms with Crippen LogP contribution in [-0.2, 0) is 0 Å². The van der Waals surface area contributed by atoms with Crippen LogP contribution in [0.5, 0.6) is 0 Å². The Morgan fingerprint density at radius 3 is 2.25 bits per heavy atom. The zero-order valence-electron chi connectivity index (χ0n) is 2.23. The van der Waals surface area contributed by atoms with Crippen molar-refractivity contribution in [1.82, 2.24) is 0 Å². The van der Waals surface area contributed by atoms with E-state index < -0.39 is 0 Å². The summed E-state index contributed by atoms with van der Waals surface area (Å²) in [5, 5.41) is 7.64. The Morgan fingerprint density at radius 2 is 2.25 bits per heavy atom. The lowest BCUT2D eigenvalue weighted by Crippen LogP contribution is -1.73. The van der Waals surface area contributed by atoms with Gasteiger partial charge in [-0.25, -0.2) is 0 Å². The van der Waals surface area contributed by atoms with E-state index in [4.69, 9.17) is 5.02 Å². The van der Waals surface area contributed by atoms with Crippen molar-refractivity contribution >= 4 is 7.48 Å². The summed E-state index contributed by atoms with van der Waals surface area (Å²) in [6, 6.07) is 0. The third-order valence-electron chi connectivity index (χ3n) is 0.0913. The van der Waals surface area contributed by atoms with Crippen LogP contribution in [0.1, 0.15) is 0 Å². The molecule has 0 saturated carbocycles. The summed E-state index contributed by atoms with van der Waals surface area (Å²) in [4.78, 5) is 0. The van der Waals surface area contributed by atoms with Crippen molar-refractivity contribution in [3.05, 3.63) is 0 Å². The first-order valence-electron chi connectivity index (χ1n) is 0.958. The Labute approximate surface area is 25.9 Å². The van der Waals surface area contributed by atoms with Crippen LogP contribution in [0.25, 0.3) is 0 Å². The molecule has 0 spiro atoms. The van der Waals surface area contributed by atoms with Crippen molar-refractivity contribution < 1.29 is 5.02 Å². The van der Waals surface area contributed by atoms with Crippen molar-refractivity contribution in [2.45, 2.75) is 0 Å². The van der Waals surface area contributed by atoms with Crippen molar-refractivity contribution in [3.63, 3.8) is 0 Å². The van der Waals surface area contributed by atoms with Crippen LogP contribution in [0.4, 0.5) is 0 Å². The number of terminal acetylenes is 1. The normalized spacial score (nSPS) is 4.00. The number of hydrogen-bond acceptors (Lipinski definition) is 1. The van der Waals surface area contributed by atoms with Crippen LogP contribution in [0.15, 0.2) is 0 Å². The molecule has 0 heterocycles. The van der Waals surface area contributed by atoms with Crippen molar-refractivity contribution in [2.75, 3.05) is 0 Å². The second-order valence-electron chi connectivity index (χ2n) is 0.362. The SMILES string of the molecule is C#CBO. The average molecular weight is 53.9 g/mol. The van der Waals surface area contributed by atoms with Gasteiger partial charge in [-0.1, -0.05) is 0 Å². The summed E-state index contributed by atoms with van der Waals surface area (Å²) in [6.07, 6.45) is 4.53. The van der Waals surface area contributed by atoms with Gasteiger partial charge in [0.1, 0.15) is 0 Å². The van der Waals surface area contributed by atoms with E-state index >= 15 is 0 Å². The minimum atomic E-state index is -0.153. The van der Waals surface area contributed by atoms with Gasteiger partial charge in [0.15, 0.2) is 0 Å². The van der Waals surface area contributed by atoms with E-state index in [1.165, 1.54) is 0 Å². The van der Waals surface area contributed by atoms with Crippen LogP contribution in [0.2, 0.25) is 0 Å². The topological polar surface area (TPSA) is 20.2 Å². The van der Waals surface area contributed by atoms with Crippen molar-refractivity contribution in [3.8, 4) is 12.2 Å². The summed E-state index contributed by atoms with van der Waals surface area (Å²) in [7, 11) is -0.153. The van der Waals surface area contributed by atoms with Crippen LogP contribution in [0.3, 0.4) is 0 Å². The molecular weight excluding hydrogens is 50.8 g/mol. The molecule has 2 heteroatoms. The molecule has 0 saturated heterocycles. The van der Waals surface area contributed by atoms with E-state index in [1.807, 2.05) is 5.82 Å². The van der Waals surface area contributed by atoms with E-state index in [0.717, 1.165) is 0 Å². The maximum atomic E-state index is 7.64. The van der Waals surface area contributed by atoms with Gasteiger partial charge in [-0.05, 0) is 0 Å². The zero-order valence-corrected chi connectivity index (χ0v) is 2.23. The van der Waals surface area contributed by atoms with Gasteiger partial charge >= 0.3 is 7.48 Å². The molecule has 20 valence electrons. The zero-order chi connectivity index (χ0) is 3.41. The Balaban J connectivity index is 2.43. The quantitative estimate of drug-likeness (QED) is 0.275. The molecule has 0 aliphatic heterocycles. The van der Waals surface area contributed by atoms with E-state index in [-0.39, 0.29) is 7.48 Å². The predicted octanol–water partition coefficient (Wildman–Crippen LogP) is -1.08. The van der Waals surface area contributed by atoms with Crippen LogP contribution < -0.4 is 0 Å². The molecule has 0 radical (unpaired) electrons. The lowest BCUT2D eigenvalue weighted by atomic mass is 10.1. The molecule has 0 amide bonds. The largest absolute Gasteiger partial charge is 0.443 e. The fourth-order valence-corrected chi connectivity index (χ4v) is 0. The molecule has 0 aromatic heterocycles. The minimum absolute atomic E-state index is 0.153. The first-order valence-corrected chi connectivity index (χ1v) is 0.958. The molecule has 0 aliphatic carbocycles. The molecule has 0 bridgehead atoms. The van der Waals surface area contributed by atoms with Crippen molar-refractivity contribution in [2.24, 2.45) is 0 Å². The summed E-state index contributed by atoms with van der Waals surface area (Å²) >= 11 is 0. The predicted molar refractivity (Wildman–Crippen MR) is 18.2 cm³/mol. The van der Waals surface area contributed by atoms with Gasteiger partial charge in [-0.3, -0.25) is 0 Å². The molecule has 0 fully saturated rings. The highest BCUT2D eigenvalue weighted by atomic mass is 16.2. The first-order chi connectivity index (χ1) is 1.91. The maximum Gasteiger partial charge on any atom is 0.358 e. The van der Waals surface area contributed by atoms with E-state index in [0.29, 0.717) is 0 Å². The van der Waals surface area contributed by atoms with E-state index in [1.54, 1.807) is 0 Å². The monoisotopic (exact) mass is 54.0 g/mol. The molecule has 1 nitrogen and oxygen atoms in total. The van der Waals surface area contributed by atoms with Gasteiger partial charge in [-0.2, -0.15) is 0 Å². The molecule has 4 heavy (non-hydrogen) atoms. The van der Waals surface area contributed by atoms with Gasteiger partial charge in [0.25, 0.3) is 0 Å². The Morgan fingerprint density at radius 1 is 2.00 bits per heavy atom. The first kappa shape index (κ1) is 3.58. The Bertz CT molecular complexity index is 35.8. The van der Waals surface area contributed by atoms with Gasteiger partial charge in [0, 0.05) is 0 Å². The Hall–Kier alpha value is -0.415. The fourth-order valence-electron chi connectivity index (χ4n) is 0. The lowest BCUT2D eigenvalue weighted by molar-refractivity contribution is 0.617. The molecule has 0 aromatic rings. The van der Waals surface area contributed by atoms with Crippen LogP contribution >= 0.6 is 0 Å². The second kappa shape index (κ2) is 2.58. The molecule has 0 rings (SSSR count). The van der Waals surface area contributed by atoms with Crippen LogP contribution in [-0.4, -0.2) is 12.5 Å². The maximum absolute atomic E-state index is 7.64. The molecule has 0 unspecified atom stereocenters. The van der Waals surface area contributed by atoms with Gasteiger partial charge in [0.2, 0.25) is 0 Å². The highest BCUT2D eigenvalue weighted by molar-refractivity contribution is 6.36. The fraction of sp³-hybridized carbons (Fsp3) is 0. The second-order valence-corrected chi connectivity index (χ2v) is 0.362.